The quantitative estimate of drug-likeness (QED) is 0.324. The summed E-state index contributed by atoms with van der Waals surface area (Å²) < 4.78 is 5.13. The highest BCUT2D eigenvalue weighted by molar-refractivity contribution is 5.89. The van der Waals surface area contributed by atoms with Crippen molar-refractivity contribution in [1.29, 1.82) is 0 Å². The molecule has 0 amide bonds. The first-order valence-electron chi connectivity index (χ1n) is 7.03. The molecule has 1 N–H and O–H groups in total. The summed E-state index contributed by atoms with van der Waals surface area (Å²) in [5.41, 5.74) is -0.583. The zero-order chi connectivity index (χ0) is 16.6. The Morgan fingerprint density at radius 3 is 2.68 bits per heavy atom. The summed E-state index contributed by atoms with van der Waals surface area (Å²) in [4.78, 5) is 36.1. The molecule has 0 radical (unpaired) electrons. The van der Waals surface area contributed by atoms with E-state index in [1.165, 1.54) is 18.3 Å². The maximum atomic E-state index is 11.7. The second kappa shape index (κ2) is 8.33. The molecule has 0 aliphatic rings. The van der Waals surface area contributed by atoms with Crippen LogP contribution in [0.15, 0.2) is 18.3 Å². The molecule has 1 rings (SSSR count). The summed E-state index contributed by atoms with van der Waals surface area (Å²) in [5.74, 6) is -1.52. The lowest BCUT2D eigenvalue weighted by atomic mass is 9.91. The molecule has 122 valence electrons. The van der Waals surface area contributed by atoms with E-state index >= 15 is 0 Å². The summed E-state index contributed by atoms with van der Waals surface area (Å²) in [6.45, 7) is 5.92. The van der Waals surface area contributed by atoms with Gasteiger partial charge in [-0.15, -0.1) is 0 Å². The van der Waals surface area contributed by atoms with Gasteiger partial charge in [0.1, 0.15) is 5.56 Å². The molecule has 0 bridgehead atoms. The van der Waals surface area contributed by atoms with Crippen molar-refractivity contribution < 1.29 is 29.2 Å². The Balaban J connectivity index is 2.27. The Kier molecular flexibility index (Phi) is 6.78. The SMILES string of the molecule is CCC(C)(C)C(=O)OCCCOOc1ncccc1C(=O)O. The topological polar surface area (TPSA) is 95.0 Å². The van der Waals surface area contributed by atoms with Crippen LogP contribution in [0.5, 0.6) is 5.88 Å². The van der Waals surface area contributed by atoms with E-state index in [1.54, 1.807) is 0 Å². The molecule has 0 unspecified atom stereocenters. The normalized spacial score (nSPS) is 11.0. The number of carbonyl (C=O) groups excluding carboxylic acids is 1. The van der Waals surface area contributed by atoms with Gasteiger partial charge < -0.3 is 14.7 Å². The van der Waals surface area contributed by atoms with E-state index in [-0.39, 0.29) is 30.6 Å². The number of hydrogen-bond donors (Lipinski definition) is 1. The zero-order valence-electron chi connectivity index (χ0n) is 13.0. The molecule has 0 saturated carbocycles. The van der Waals surface area contributed by atoms with Crippen molar-refractivity contribution in [2.75, 3.05) is 13.2 Å². The van der Waals surface area contributed by atoms with Gasteiger partial charge in [-0.3, -0.25) is 4.79 Å². The highest BCUT2D eigenvalue weighted by Gasteiger charge is 2.26. The predicted octanol–water partition coefficient (Wildman–Crippen LogP) is 2.46. The molecule has 0 saturated heterocycles. The second-order valence-electron chi connectivity index (χ2n) is 5.29. The van der Waals surface area contributed by atoms with Crippen LogP contribution in [0.2, 0.25) is 0 Å². The smallest absolute Gasteiger partial charge is 0.341 e. The number of carbonyl (C=O) groups is 2. The number of hydrogen-bond acceptors (Lipinski definition) is 6. The molecule has 7 nitrogen and oxygen atoms in total. The number of carboxylic acids is 1. The number of carboxylic acid groups (broad SMARTS) is 1. The summed E-state index contributed by atoms with van der Waals surface area (Å²) >= 11 is 0. The third kappa shape index (κ3) is 5.33. The number of aromatic carboxylic acids is 1. The van der Waals surface area contributed by atoms with Crippen LogP contribution in [0.3, 0.4) is 0 Å². The predicted molar refractivity (Wildman–Crippen MR) is 77.4 cm³/mol. The standard InChI is InChI=1S/C15H21NO6/c1-4-15(2,3)14(19)20-9-6-10-21-22-12-11(13(17)18)7-5-8-16-12/h5,7-8H,4,6,9-10H2,1-3H3,(H,17,18). The molecule has 0 aliphatic carbocycles. The Bertz CT molecular complexity index is 515. The van der Waals surface area contributed by atoms with Gasteiger partial charge in [0.05, 0.1) is 18.6 Å². The van der Waals surface area contributed by atoms with Crippen LogP contribution in [0.25, 0.3) is 0 Å². The van der Waals surface area contributed by atoms with Crippen LogP contribution in [0.4, 0.5) is 0 Å². The number of rotatable bonds is 9. The van der Waals surface area contributed by atoms with E-state index in [0.717, 1.165) is 0 Å². The van der Waals surface area contributed by atoms with Crippen molar-refractivity contribution >= 4 is 11.9 Å². The maximum absolute atomic E-state index is 11.7. The molecule has 7 heteroatoms. The van der Waals surface area contributed by atoms with E-state index in [2.05, 4.69) is 4.98 Å². The van der Waals surface area contributed by atoms with Crippen molar-refractivity contribution in [3.63, 3.8) is 0 Å². The lowest BCUT2D eigenvalue weighted by Crippen LogP contribution is -2.26. The third-order valence-corrected chi connectivity index (χ3v) is 3.18. The van der Waals surface area contributed by atoms with Crippen molar-refractivity contribution in [3.8, 4) is 5.88 Å². The van der Waals surface area contributed by atoms with Gasteiger partial charge in [0.15, 0.2) is 0 Å². The molecule has 0 aliphatic heterocycles. The Morgan fingerprint density at radius 2 is 2.05 bits per heavy atom. The van der Waals surface area contributed by atoms with Crippen LogP contribution in [0.1, 0.15) is 44.0 Å². The first kappa shape index (κ1) is 17.9. The molecule has 0 fully saturated rings. The first-order chi connectivity index (χ1) is 10.4. The average molecular weight is 311 g/mol. The number of nitrogens with zero attached hydrogens (tertiary/aromatic N) is 1. The van der Waals surface area contributed by atoms with Crippen molar-refractivity contribution in [2.24, 2.45) is 5.41 Å². The molecular weight excluding hydrogens is 290 g/mol. The summed E-state index contributed by atoms with van der Waals surface area (Å²) in [7, 11) is 0. The number of pyridine rings is 1. The largest absolute Gasteiger partial charge is 0.477 e. The van der Waals surface area contributed by atoms with E-state index in [9.17, 15) is 9.59 Å². The van der Waals surface area contributed by atoms with Gasteiger partial charge in [-0.05, 0) is 32.4 Å². The van der Waals surface area contributed by atoms with Gasteiger partial charge in [-0.2, -0.15) is 4.89 Å². The minimum Gasteiger partial charge on any atom is -0.477 e. The molecule has 22 heavy (non-hydrogen) atoms. The van der Waals surface area contributed by atoms with Crippen LogP contribution in [-0.4, -0.2) is 35.2 Å². The summed E-state index contributed by atoms with van der Waals surface area (Å²) in [6, 6.07) is 2.86. The van der Waals surface area contributed by atoms with E-state index in [1.807, 2.05) is 20.8 Å². The number of esters is 1. The third-order valence-electron chi connectivity index (χ3n) is 3.18. The van der Waals surface area contributed by atoms with E-state index in [4.69, 9.17) is 19.6 Å². The van der Waals surface area contributed by atoms with E-state index < -0.39 is 11.4 Å². The zero-order valence-corrected chi connectivity index (χ0v) is 13.0. The summed E-state index contributed by atoms with van der Waals surface area (Å²) in [6.07, 6.45) is 2.53. The van der Waals surface area contributed by atoms with Crippen molar-refractivity contribution in [1.82, 2.24) is 4.98 Å². The Morgan fingerprint density at radius 1 is 1.32 bits per heavy atom. The number of aromatic nitrogens is 1. The molecule has 0 spiro atoms. The van der Waals surface area contributed by atoms with Crippen LogP contribution < -0.4 is 4.89 Å². The van der Waals surface area contributed by atoms with Gasteiger partial charge in [-0.25, -0.2) is 9.78 Å². The van der Waals surface area contributed by atoms with Gasteiger partial charge in [0.25, 0.3) is 5.88 Å². The second-order valence-corrected chi connectivity index (χ2v) is 5.29. The molecular formula is C15H21NO6. The fourth-order valence-corrected chi connectivity index (χ4v) is 1.34. The maximum Gasteiger partial charge on any atom is 0.341 e. The van der Waals surface area contributed by atoms with Crippen LogP contribution in [-0.2, 0) is 14.4 Å². The molecule has 0 aromatic carbocycles. The molecule has 0 atom stereocenters. The van der Waals surface area contributed by atoms with Crippen molar-refractivity contribution in [3.05, 3.63) is 23.9 Å². The van der Waals surface area contributed by atoms with E-state index in [0.29, 0.717) is 12.8 Å². The van der Waals surface area contributed by atoms with Crippen LogP contribution >= 0.6 is 0 Å². The fourth-order valence-electron chi connectivity index (χ4n) is 1.34. The molecule has 1 aromatic rings. The van der Waals surface area contributed by atoms with Gasteiger partial charge in [0, 0.05) is 12.6 Å². The van der Waals surface area contributed by atoms with Gasteiger partial charge in [0.2, 0.25) is 0 Å². The number of ether oxygens (including phenoxy) is 1. The Hall–Kier alpha value is -2.15. The average Bonchev–Trinajstić information content (AvgIpc) is 2.50. The lowest BCUT2D eigenvalue weighted by Gasteiger charge is -2.20. The summed E-state index contributed by atoms with van der Waals surface area (Å²) in [5, 5.41) is 8.93. The molecule has 1 aromatic heterocycles. The van der Waals surface area contributed by atoms with Crippen molar-refractivity contribution in [2.45, 2.75) is 33.6 Å². The molecule has 1 heterocycles. The Labute approximate surface area is 129 Å². The minimum atomic E-state index is -1.15. The van der Waals surface area contributed by atoms with Gasteiger partial charge >= 0.3 is 11.9 Å². The fraction of sp³-hybridized carbons (Fsp3) is 0.533. The minimum absolute atomic E-state index is 0.0846. The monoisotopic (exact) mass is 311 g/mol. The highest BCUT2D eigenvalue weighted by Crippen LogP contribution is 2.21. The van der Waals surface area contributed by atoms with Gasteiger partial charge in [-0.1, -0.05) is 6.92 Å². The first-order valence-corrected chi connectivity index (χ1v) is 7.03. The highest BCUT2D eigenvalue weighted by atomic mass is 17.2. The lowest BCUT2D eigenvalue weighted by molar-refractivity contribution is -0.212. The van der Waals surface area contributed by atoms with Crippen LogP contribution in [0, 0.1) is 5.41 Å².